The summed E-state index contributed by atoms with van der Waals surface area (Å²) in [6, 6.07) is 0.728. The Morgan fingerprint density at radius 3 is 2.60 bits per heavy atom. The van der Waals surface area contributed by atoms with Gasteiger partial charge in [0.1, 0.15) is 6.61 Å². The summed E-state index contributed by atoms with van der Waals surface area (Å²) in [6.07, 6.45) is 5.28. The average Bonchev–Trinajstić information content (AvgIpc) is 2.62. The molecule has 1 saturated carbocycles. The number of likely N-dealkylation sites (tertiary alicyclic amines) is 1. The monoisotopic (exact) mass is 213 g/mol. The Labute approximate surface area is 90.2 Å². The second kappa shape index (κ2) is 4.10. The van der Waals surface area contributed by atoms with Gasteiger partial charge >= 0.3 is 5.97 Å². The number of carboxylic acids is 1. The predicted octanol–water partition coefficient (Wildman–Crippen LogP) is 1.10. The zero-order valence-electron chi connectivity index (χ0n) is 9.24. The lowest BCUT2D eigenvalue weighted by Gasteiger charge is -2.50. The highest BCUT2D eigenvalue weighted by Gasteiger charge is 2.43. The number of carbonyl (C=O) groups is 1. The summed E-state index contributed by atoms with van der Waals surface area (Å²) in [6.45, 7) is 3.62. The van der Waals surface area contributed by atoms with Gasteiger partial charge in [0, 0.05) is 19.1 Å². The lowest BCUT2D eigenvalue weighted by molar-refractivity contribution is -0.169. The van der Waals surface area contributed by atoms with Crippen LogP contribution < -0.4 is 0 Å². The number of rotatable bonds is 4. The zero-order chi connectivity index (χ0) is 10.9. The van der Waals surface area contributed by atoms with Gasteiger partial charge in [-0.05, 0) is 19.8 Å². The minimum absolute atomic E-state index is 0.172. The maximum absolute atomic E-state index is 10.4. The van der Waals surface area contributed by atoms with Crippen LogP contribution >= 0.6 is 0 Å². The van der Waals surface area contributed by atoms with Crippen molar-refractivity contribution in [3.8, 4) is 0 Å². The smallest absolute Gasteiger partial charge is 0.329 e. The number of hydrogen-bond donors (Lipinski definition) is 1. The molecule has 4 nitrogen and oxygen atoms in total. The van der Waals surface area contributed by atoms with E-state index in [1.807, 2.05) is 6.92 Å². The molecular weight excluding hydrogens is 194 g/mol. The topological polar surface area (TPSA) is 49.8 Å². The summed E-state index contributed by atoms with van der Waals surface area (Å²) in [5.74, 6) is -0.879. The van der Waals surface area contributed by atoms with Gasteiger partial charge in [-0.3, -0.25) is 4.90 Å². The van der Waals surface area contributed by atoms with Crippen molar-refractivity contribution in [1.82, 2.24) is 4.90 Å². The first-order valence-electron chi connectivity index (χ1n) is 5.69. The van der Waals surface area contributed by atoms with Crippen LogP contribution in [0.5, 0.6) is 0 Å². The summed E-state index contributed by atoms with van der Waals surface area (Å²) in [7, 11) is 0. The summed E-state index contributed by atoms with van der Waals surface area (Å²) < 4.78 is 5.38. The summed E-state index contributed by atoms with van der Waals surface area (Å²) in [4.78, 5) is 12.8. The second-order valence-corrected chi connectivity index (χ2v) is 4.98. The second-order valence-electron chi connectivity index (χ2n) is 4.98. The van der Waals surface area contributed by atoms with Crippen molar-refractivity contribution in [2.45, 2.75) is 44.2 Å². The first-order valence-corrected chi connectivity index (χ1v) is 5.69. The fraction of sp³-hybridized carbons (Fsp3) is 0.909. The Balaban J connectivity index is 1.73. The van der Waals surface area contributed by atoms with Gasteiger partial charge in [0.15, 0.2) is 0 Å². The largest absolute Gasteiger partial charge is 0.480 e. The summed E-state index contributed by atoms with van der Waals surface area (Å²) in [5.41, 5.74) is -0.221. The Bertz CT molecular complexity index is 242. The Morgan fingerprint density at radius 2 is 2.07 bits per heavy atom. The normalized spacial score (nSPS) is 26.5. The van der Waals surface area contributed by atoms with E-state index in [0.29, 0.717) is 0 Å². The maximum atomic E-state index is 10.4. The van der Waals surface area contributed by atoms with Crippen molar-refractivity contribution in [3.05, 3.63) is 0 Å². The van der Waals surface area contributed by atoms with Crippen LogP contribution in [0.2, 0.25) is 0 Å². The number of hydrogen-bond acceptors (Lipinski definition) is 3. The molecule has 0 atom stereocenters. The molecule has 1 aliphatic heterocycles. The summed E-state index contributed by atoms with van der Waals surface area (Å²) >= 11 is 0. The molecule has 0 aromatic heterocycles. The molecular formula is C11H19NO3. The highest BCUT2D eigenvalue weighted by atomic mass is 16.5. The molecule has 1 heterocycles. The predicted molar refractivity (Wildman–Crippen MR) is 55.8 cm³/mol. The first-order chi connectivity index (χ1) is 7.09. The van der Waals surface area contributed by atoms with Crippen LogP contribution in [0.3, 0.4) is 0 Å². The fourth-order valence-electron chi connectivity index (χ4n) is 2.67. The third kappa shape index (κ3) is 2.49. The van der Waals surface area contributed by atoms with Crippen LogP contribution in [0, 0.1) is 0 Å². The minimum Gasteiger partial charge on any atom is -0.480 e. The Kier molecular flexibility index (Phi) is 2.98. The minimum atomic E-state index is -0.879. The highest BCUT2D eigenvalue weighted by Crippen LogP contribution is 2.33. The van der Waals surface area contributed by atoms with E-state index in [2.05, 4.69) is 4.90 Å². The van der Waals surface area contributed by atoms with Crippen molar-refractivity contribution in [1.29, 1.82) is 0 Å². The van der Waals surface area contributed by atoms with Crippen LogP contribution in [-0.4, -0.2) is 47.3 Å². The van der Waals surface area contributed by atoms with Crippen molar-refractivity contribution in [2.24, 2.45) is 0 Å². The third-order valence-electron chi connectivity index (χ3n) is 3.46. The van der Waals surface area contributed by atoms with E-state index in [1.54, 1.807) is 0 Å². The van der Waals surface area contributed by atoms with Crippen LogP contribution in [0.4, 0.5) is 0 Å². The van der Waals surface area contributed by atoms with Gasteiger partial charge in [0.2, 0.25) is 0 Å². The maximum Gasteiger partial charge on any atom is 0.329 e. The Morgan fingerprint density at radius 1 is 1.47 bits per heavy atom. The van der Waals surface area contributed by atoms with E-state index in [0.717, 1.165) is 19.1 Å². The summed E-state index contributed by atoms with van der Waals surface area (Å²) in [5, 5.41) is 8.54. The van der Waals surface area contributed by atoms with Gasteiger partial charge in [-0.1, -0.05) is 12.8 Å². The molecule has 0 aromatic rings. The van der Waals surface area contributed by atoms with Gasteiger partial charge < -0.3 is 9.84 Å². The van der Waals surface area contributed by atoms with Gasteiger partial charge in [-0.2, -0.15) is 0 Å². The van der Waals surface area contributed by atoms with E-state index in [9.17, 15) is 4.79 Å². The van der Waals surface area contributed by atoms with Crippen LogP contribution in [0.25, 0.3) is 0 Å². The van der Waals surface area contributed by atoms with Crippen LogP contribution in [-0.2, 0) is 9.53 Å². The molecule has 0 unspecified atom stereocenters. The molecule has 0 aromatic carbocycles. The standard InChI is InChI=1S/C11H19NO3/c1-11(15-6-10(13)14)7-12(8-11)9-4-2-3-5-9/h9H,2-8H2,1H3,(H,13,14). The number of carboxylic acid groups (broad SMARTS) is 1. The molecule has 4 heteroatoms. The van der Waals surface area contributed by atoms with Gasteiger partial charge in [0.25, 0.3) is 0 Å². The average molecular weight is 213 g/mol. The number of ether oxygens (including phenoxy) is 1. The van der Waals surface area contributed by atoms with Crippen LogP contribution in [0.1, 0.15) is 32.6 Å². The first kappa shape index (κ1) is 10.9. The molecule has 0 bridgehead atoms. The zero-order valence-corrected chi connectivity index (χ0v) is 9.24. The Hall–Kier alpha value is -0.610. The highest BCUT2D eigenvalue weighted by molar-refractivity contribution is 5.68. The lowest BCUT2D eigenvalue weighted by Crippen LogP contribution is -2.64. The number of nitrogens with zero attached hydrogens (tertiary/aromatic N) is 1. The lowest BCUT2D eigenvalue weighted by atomic mass is 9.93. The third-order valence-corrected chi connectivity index (χ3v) is 3.46. The molecule has 1 saturated heterocycles. The van der Waals surface area contributed by atoms with E-state index >= 15 is 0 Å². The van der Waals surface area contributed by atoms with Gasteiger partial charge in [-0.15, -0.1) is 0 Å². The molecule has 2 aliphatic rings. The molecule has 0 spiro atoms. The molecule has 2 rings (SSSR count). The SMILES string of the molecule is CC1(OCC(=O)O)CN(C2CCCC2)C1. The van der Waals surface area contributed by atoms with Gasteiger partial charge in [0.05, 0.1) is 5.60 Å². The quantitative estimate of drug-likeness (QED) is 0.760. The van der Waals surface area contributed by atoms with Crippen molar-refractivity contribution >= 4 is 5.97 Å². The van der Waals surface area contributed by atoms with E-state index < -0.39 is 5.97 Å². The molecule has 2 fully saturated rings. The molecule has 86 valence electrons. The molecule has 0 radical (unpaired) electrons. The van der Waals surface area contributed by atoms with E-state index in [4.69, 9.17) is 9.84 Å². The molecule has 0 amide bonds. The van der Waals surface area contributed by atoms with Crippen molar-refractivity contribution in [3.63, 3.8) is 0 Å². The molecule has 1 aliphatic carbocycles. The van der Waals surface area contributed by atoms with E-state index in [-0.39, 0.29) is 12.2 Å². The van der Waals surface area contributed by atoms with E-state index in [1.165, 1.54) is 25.7 Å². The fourth-order valence-corrected chi connectivity index (χ4v) is 2.67. The molecule has 1 N–H and O–H groups in total. The number of aliphatic carboxylic acids is 1. The van der Waals surface area contributed by atoms with Crippen molar-refractivity contribution < 1.29 is 14.6 Å². The van der Waals surface area contributed by atoms with Crippen molar-refractivity contribution in [2.75, 3.05) is 19.7 Å². The van der Waals surface area contributed by atoms with Crippen LogP contribution in [0.15, 0.2) is 0 Å². The van der Waals surface area contributed by atoms with Gasteiger partial charge in [-0.25, -0.2) is 4.79 Å². The molecule has 15 heavy (non-hydrogen) atoms.